The van der Waals surface area contributed by atoms with Gasteiger partial charge in [-0.3, -0.25) is 0 Å². The molecule has 0 saturated heterocycles. The van der Waals surface area contributed by atoms with Crippen molar-refractivity contribution in [3.63, 3.8) is 0 Å². The fourth-order valence-corrected chi connectivity index (χ4v) is 4.25. The molecule has 0 bridgehead atoms. The number of rotatable bonds is 1. The van der Waals surface area contributed by atoms with Crippen LogP contribution < -0.4 is 0 Å². The maximum atomic E-state index is 3.06. The van der Waals surface area contributed by atoms with Crippen LogP contribution in [0, 0.1) is 28.7 Å². The van der Waals surface area contributed by atoms with E-state index in [0.29, 0.717) is 0 Å². The van der Waals surface area contributed by atoms with Gasteiger partial charge >= 0.3 is 30.2 Å². The van der Waals surface area contributed by atoms with Gasteiger partial charge in [0.05, 0.1) is 0 Å². The maximum Gasteiger partial charge on any atom is -0.0623 e. The molecule has 0 N–H and O–H groups in total. The van der Waals surface area contributed by atoms with E-state index in [-0.39, 0.29) is 14.9 Å². The smallest absolute Gasteiger partial charge is 0.0623 e. The van der Waals surface area contributed by atoms with Crippen molar-refractivity contribution >= 4 is 39.2 Å². The van der Waals surface area contributed by atoms with Gasteiger partial charge in [0.2, 0.25) is 0 Å². The zero-order valence-corrected chi connectivity index (χ0v) is 23.9. The molecule has 0 aliphatic rings. The normalized spacial score (nSPS) is 9.79. The van der Waals surface area contributed by atoms with Crippen molar-refractivity contribution in [1.29, 1.82) is 0 Å². The minimum absolute atomic E-state index is 0. The van der Waals surface area contributed by atoms with Crippen molar-refractivity contribution in [2.45, 2.75) is 13.8 Å². The van der Waals surface area contributed by atoms with E-state index >= 15 is 0 Å². The first-order chi connectivity index (χ1) is 15.7. The van der Waals surface area contributed by atoms with Crippen LogP contribution in [0.1, 0.15) is 11.1 Å². The summed E-state index contributed by atoms with van der Waals surface area (Å²) in [5, 5.41) is 8.12. The molecule has 0 saturated carbocycles. The van der Waals surface area contributed by atoms with E-state index in [0.717, 1.165) is 0 Å². The third-order valence-electron chi connectivity index (χ3n) is 5.78. The number of benzene rings is 4. The number of fused-ring (bicyclic) bond motifs is 4. The fourth-order valence-electron chi connectivity index (χ4n) is 4.25. The third kappa shape index (κ3) is 5.93. The van der Waals surface area contributed by atoms with Crippen LogP contribution in [0.5, 0.6) is 0 Å². The summed E-state index contributed by atoms with van der Waals surface area (Å²) in [5.41, 5.74) is 5.28. The molecule has 0 nitrogen and oxygen atoms in total. The van der Waals surface area contributed by atoms with Gasteiger partial charge in [0.25, 0.3) is 0 Å². The first-order valence-corrected chi connectivity index (χ1v) is 14.9. The molecule has 6 aromatic carbocycles. The van der Waals surface area contributed by atoms with E-state index in [1.165, 1.54) is 77.9 Å². The molecular weight excluding hydrogens is 504 g/mol. The quantitative estimate of drug-likeness (QED) is 0.146. The summed E-state index contributed by atoms with van der Waals surface area (Å²) in [6.07, 6.45) is 0. The van der Waals surface area contributed by atoms with Gasteiger partial charge in [-0.05, 0) is 13.8 Å². The Labute approximate surface area is 221 Å². The predicted octanol–water partition coefficient (Wildman–Crippen LogP) is 9.07. The van der Waals surface area contributed by atoms with Crippen molar-refractivity contribution in [3.8, 4) is 11.1 Å². The summed E-state index contributed by atoms with van der Waals surface area (Å²) in [5.74, 6) is 0. The van der Waals surface area contributed by atoms with E-state index in [1.807, 2.05) is 0 Å². The van der Waals surface area contributed by atoms with Gasteiger partial charge in [-0.1, -0.05) is 77.4 Å². The largest absolute Gasteiger partial charge is 0.150 e. The van der Waals surface area contributed by atoms with Crippen molar-refractivity contribution in [3.05, 3.63) is 135 Å². The molecule has 0 unspecified atom stereocenters. The van der Waals surface area contributed by atoms with Crippen LogP contribution in [0.4, 0.5) is 0 Å². The molecule has 0 amide bonds. The molecule has 0 aliphatic carbocycles. The van der Waals surface area contributed by atoms with E-state index in [2.05, 4.69) is 130 Å². The molecule has 2 heteroatoms. The molecule has 0 atom stereocenters. The predicted molar refractivity (Wildman–Crippen MR) is 150 cm³/mol. The standard InChI is InChI=1S/C15H13.C15H11.2CH3.Si.Zr/c1-10-3-5-12-9-13-6-4-11(2)8-15(13)14(12)7-10;1-2-6-12(7-3-1)15-11-10-13-8-4-5-9-14(13)15;;;;/h3-9H,1-2H3;1-11H;2*1H3;;/q4*-1;;. The van der Waals surface area contributed by atoms with Gasteiger partial charge in [-0.15, -0.1) is 86.4 Å². The monoisotopic (exact) mass is 532 g/mol. The summed E-state index contributed by atoms with van der Waals surface area (Å²) in [6.45, 7) is 7.36. The number of hydrogen-bond donors (Lipinski definition) is 0. The van der Waals surface area contributed by atoms with E-state index in [9.17, 15) is 0 Å². The van der Waals surface area contributed by atoms with E-state index < -0.39 is 0 Å². The molecule has 6 aromatic rings. The van der Waals surface area contributed by atoms with Gasteiger partial charge in [-0.25, -0.2) is 0 Å². The Morgan fingerprint density at radius 2 is 1.12 bits per heavy atom. The molecule has 34 heavy (non-hydrogen) atoms. The maximum absolute atomic E-state index is 3.06. The molecule has 0 heterocycles. The van der Waals surface area contributed by atoms with Gasteiger partial charge in [0, 0.05) is 0 Å². The number of aryl methyl sites for hydroxylation is 2. The second-order valence-electron chi connectivity index (χ2n) is 8.03. The van der Waals surface area contributed by atoms with Crippen molar-refractivity contribution in [1.82, 2.24) is 0 Å². The Morgan fingerprint density at radius 1 is 0.588 bits per heavy atom. The molecule has 170 valence electrons. The van der Waals surface area contributed by atoms with Crippen molar-refractivity contribution < 1.29 is 23.3 Å². The van der Waals surface area contributed by atoms with Crippen LogP contribution in [0.15, 0.2) is 109 Å². The Balaban J connectivity index is 0.000000212. The molecule has 6 rings (SSSR count). The van der Waals surface area contributed by atoms with E-state index in [4.69, 9.17) is 0 Å². The average Bonchev–Trinajstić information content (AvgIpc) is 3.43. The van der Waals surface area contributed by atoms with Crippen LogP contribution in [0.2, 0.25) is 0 Å². The second-order valence-corrected chi connectivity index (χ2v) is 8.03. The van der Waals surface area contributed by atoms with Crippen LogP contribution in [-0.2, 0) is 23.3 Å². The Bertz CT molecular complexity index is 1410. The Hall–Kier alpha value is -2.54. The average molecular weight is 534 g/mol. The summed E-state index contributed by atoms with van der Waals surface area (Å²) >= 11 is 1.36. The minimum Gasteiger partial charge on any atom is -0.150 e. The summed E-state index contributed by atoms with van der Waals surface area (Å²) in [6, 6.07) is 39.0. The zero-order valence-electron chi connectivity index (χ0n) is 20.4. The molecule has 0 aromatic heterocycles. The van der Waals surface area contributed by atoms with Crippen LogP contribution in [0.3, 0.4) is 0 Å². The van der Waals surface area contributed by atoms with Crippen molar-refractivity contribution in [2.75, 3.05) is 0 Å². The fraction of sp³-hybridized carbons (Fsp3) is 0.0625. The van der Waals surface area contributed by atoms with Gasteiger partial charge < -0.3 is 14.9 Å². The summed E-state index contributed by atoms with van der Waals surface area (Å²) in [7, 11) is 0. The van der Waals surface area contributed by atoms with E-state index in [1.54, 1.807) is 0 Å². The topological polar surface area (TPSA) is 0 Å². The summed E-state index contributed by atoms with van der Waals surface area (Å²) < 4.78 is 0. The molecular formula is C32H30SiZr-4. The Kier molecular flexibility index (Phi) is 10.4. The molecule has 0 aliphatic heterocycles. The van der Waals surface area contributed by atoms with Crippen LogP contribution in [0.25, 0.3) is 43.4 Å². The van der Waals surface area contributed by atoms with Crippen LogP contribution >= 0.6 is 0 Å². The molecule has 0 fully saturated rings. The molecule has 2 radical (unpaired) electrons. The molecule has 0 spiro atoms. The first kappa shape index (κ1) is 27.7. The third-order valence-corrected chi connectivity index (χ3v) is 5.78. The SMILES string of the molecule is Cc1ccc2[cH-]c3ccc(C)cc3c2c1.[CH3-].[CH3-].[Si]=[Zr].c1ccc(-c2c[cH-]c3ccccc23)cc1. The van der Waals surface area contributed by atoms with Gasteiger partial charge in [0.1, 0.15) is 0 Å². The Morgan fingerprint density at radius 3 is 1.71 bits per heavy atom. The second kappa shape index (κ2) is 12.8. The zero-order chi connectivity index (χ0) is 22.5. The first-order valence-electron chi connectivity index (χ1n) is 10.7. The summed E-state index contributed by atoms with van der Waals surface area (Å²) in [4.78, 5) is 0. The van der Waals surface area contributed by atoms with Crippen molar-refractivity contribution in [2.24, 2.45) is 0 Å². The van der Waals surface area contributed by atoms with Gasteiger partial charge in [0.15, 0.2) is 0 Å². The van der Waals surface area contributed by atoms with Crippen LogP contribution in [-0.4, -0.2) is 6.88 Å². The number of hydrogen-bond acceptors (Lipinski definition) is 0. The minimum atomic E-state index is 0. The van der Waals surface area contributed by atoms with Gasteiger partial charge in [-0.2, -0.15) is 0 Å².